The van der Waals surface area contributed by atoms with Crippen LogP contribution in [0.15, 0.2) is 35.2 Å². The summed E-state index contributed by atoms with van der Waals surface area (Å²) in [4.78, 5) is 15.8. The fraction of sp³-hybridized carbons (Fsp3) is 0.385. The van der Waals surface area contributed by atoms with Crippen LogP contribution in [0.25, 0.3) is 0 Å². The highest BCUT2D eigenvalue weighted by Crippen LogP contribution is 2.01. The molecule has 0 unspecified atom stereocenters. The molecule has 1 N–H and O–H groups in total. The highest BCUT2D eigenvalue weighted by molar-refractivity contribution is 5.91. The van der Waals surface area contributed by atoms with Crippen LogP contribution in [0.4, 0.5) is 0 Å². The lowest BCUT2D eigenvalue weighted by Crippen LogP contribution is -2.24. The van der Waals surface area contributed by atoms with Crippen molar-refractivity contribution in [2.75, 3.05) is 6.54 Å². The fourth-order valence-electron chi connectivity index (χ4n) is 1.80. The number of carbonyl (C=O) groups is 1. The summed E-state index contributed by atoms with van der Waals surface area (Å²) < 4.78 is 7.12. The minimum atomic E-state index is -0.165. The molecule has 96 valence electrons. The summed E-state index contributed by atoms with van der Waals surface area (Å²) in [6.07, 6.45) is 7.06. The molecule has 2 aromatic rings. The summed E-state index contributed by atoms with van der Waals surface area (Å²) in [5, 5.41) is 2.82. The molecule has 0 aliphatic heterocycles. The van der Waals surface area contributed by atoms with Crippen LogP contribution in [0.3, 0.4) is 0 Å². The lowest BCUT2D eigenvalue weighted by Gasteiger charge is -2.06. The van der Waals surface area contributed by atoms with Gasteiger partial charge in [0.05, 0.1) is 6.26 Å². The Morgan fingerprint density at radius 3 is 3.17 bits per heavy atom. The van der Waals surface area contributed by atoms with Gasteiger partial charge < -0.3 is 14.3 Å². The van der Waals surface area contributed by atoms with Gasteiger partial charge in [-0.1, -0.05) is 6.92 Å². The zero-order chi connectivity index (χ0) is 12.8. The highest BCUT2D eigenvalue weighted by atomic mass is 16.3. The normalized spacial score (nSPS) is 10.5. The van der Waals surface area contributed by atoms with E-state index in [0.717, 1.165) is 25.2 Å². The quantitative estimate of drug-likeness (QED) is 0.792. The first-order chi connectivity index (χ1) is 8.81. The van der Waals surface area contributed by atoms with Gasteiger partial charge in [-0.25, -0.2) is 4.98 Å². The van der Waals surface area contributed by atoms with E-state index in [2.05, 4.69) is 21.8 Å². The van der Waals surface area contributed by atoms with Crippen LogP contribution < -0.4 is 5.32 Å². The Morgan fingerprint density at radius 1 is 1.56 bits per heavy atom. The van der Waals surface area contributed by atoms with Crippen LogP contribution in [-0.4, -0.2) is 22.0 Å². The van der Waals surface area contributed by atoms with Crippen LogP contribution in [0, 0.1) is 0 Å². The zero-order valence-corrected chi connectivity index (χ0v) is 10.4. The lowest BCUT2D eigenvalue weighted by atomic mass is 10.3. The van der Waals surface area contributed by atoms with E-state index in [0.29, 0.717) is 12.3 Å². The number of aromatic nitrogens is 2. The van der Waals surface area contributed by atoms with Crippen molar-refractivity contribution in [3.8, 4) is 0 Å². The Labute approximate surface area is 106 Å². The van der Waals surface area contributed by atoms with Crippen molar-refractivity contribution in [3.63, 3.8) is 0 Å². The molecule has 2 rings (SSSR count). The Hall–Kier alpha value is -2.04. The predicted molar refractivity (Wildman–Crippen MR) is 67.3 cm³/mol. The topological polar surface area (TPSA) is 60.1 Å². The van der Waals surface area contributed by atoms with Gasteiger partial charge >= 0.3 is 0 Å². The Bertz CT molecular complexity index is 488. The molecule has 0 aliphatic carbocycles. The van der Waals surface area contributed by atoms with Crippen molar-refractivity contribution >= 4 is 5.91 Å². The van der Waals surface area contributed by atoms with Gasteiger partial charge in [-0.15, -0.1) is 0 Å². The highest BCUT2D eigenvalue weighted by Gasteiger charge is 2.06. The van der Waals surface area contributed by atoms with Gasteiger partial charge in [-0.2, -0.15) is 0 Å². The third-order valence-electron chi connectivity index (χ3n) is 2.72. The summed E-state index contributed by atoms with van der Waals surface area (Å²) in [5.41, 5.74) is 0. The minimum Gasteiger partial charge on any atom is -0.459 e. The van der Waals surface area contributed by atoms with Gasteiger partial charge in [-0.05, 0) is 18.6 Å². The molecule has 0 saturated carbocycles. The smallest absolute Gasteiger partial charge is 0.286 e. The molecule has 1 amide bonds. The van der Waals surface area contributed by atoms with E-state index >= 15 is 0 Å². The van der Waals surface area contributed by atoms with E-state index in [4.69, 9.17) is 4.42 Å². The second kappa shape index (κ2) is 6.05. The Kier molecular flexibility index (Phi) is 4.17. The first-order valence-corrected chi connectivity index (χ1v) is 6.13. The standard InChI is InChI=1S/C13H17N3O2/c1-2-12-14-7-9-16(12)8-4-6-15-13(17)11-5-3-10-18-11/h3,5,7,9-10H,2,4,6,8H2,1H3,(H,15,17). The third kappa shape index (κ3) is 3.00. The van der Waals surface area contributed by atoms with Crippen molar-refractivity contribution in [1.82, 2.24) is 14.9 Å². The van der Waals surface area contributed by atoms with E-state index < -0.39 is 0 Å². The number of carbonyl (C=O) groups excluding carboxylic acids is 1. The lowest BCUT2D eigenvalue weighted by molar-refractivity contribution is 0.0925. The monoisotopic (exact) mass is 247 g/mol. The number of nitrogens with one attached hydrogen (secondary N) is 1. The maximum Gasteiger partial charge on any atom is 0.286 e. The number of aryl methyl sites for hydroxylation is 2. The van der Waals surface area contributed by atoms with Crippen molar-refractivity contribution in [1.29, 1.82) is 0 Å². The van der Waals surface area contributed by atoms with E-state index in [1.54, 1.807) is 18.3 Å². The second-order valence-corrected chi connectivity index (χ2v) is 3.98. The van der Waals surface area contributed by atoms with Gasteiger partial charge in [0, 0.05) is 31.9 Å². The van der Waals surface area contributed by atoms with E-state index in [1.807, 2.05) is 6.20 Å². The summed E-state index contributed by atoms with van der Waals surface area (Å²) >= 11 is 0. The van der Waals surface area contributed by atoms with Gasteiger partial charge in [0.1, 0.15) is 5.82 Å². The predicted octanol–water partition coefficient (Wildman–Crippen LogP) is 1.86. The molecule has 0 radical (unpaired) electrons. The largest absolute Gasteiger partial charge is 0.459 e. The average molecular weight is 247 g/mol. The molecular weight excluding hydrogens is 230 g/mol. The van der Waals surface area contributed by atoms with E-state index in [-0.39, 0.29) is 5.91 Å². The first kappa shape index (κ1) is 12.4. The fourth-order valence-corrected chi connectivity index (χ4v) is 1.80. The van der Waals surface area contributed by atoms with Crippen LogP contribution in [0.2, 0.25) is 0 Å². The maximum atomic E-state index is 11.6. The molecule has 0 saturated heterocycles. The second-order valence-electron chi connectivity index (χ2n) is 3.98. The van der Waals surface area contributed by atoms with E-state index in [1.165, 1.54) is 6.26 Å². The SMILES string of the molecule is CCc1nccn1CCCNC(=O)c1ccco1. The molecule has 0 aromatic carbocycles. The average Bonchev–Trinajstić information content (AvgIpc) is 3.04. The number of imidazole rings is 1. The van der Waals surface area contributed by atoms with Crippen molar-refractivity contribution in [2.45, 2.75) is 26.3 Å². The van der Waals surface area contributed by atoms with E-state index in [9.17, 15) is 4.79 Å². The van der Waals surface area contributed by atoms with Crippen LogP contribution >= 0.6 is 0 Å². The van der Waals surface area contributed by atoms with Gasteiger partial charge in [-0.3, -0.25) is 4.79 Å². The molecule has 2 aromatic heterocycles. The van der Waals surface area contributed by atoms with Crippen molar-refractivity contribution in [2.24, 2.45) is 0 Å². The van der Waals surface area contributed by atoms with Crippen molar-refractivity contribution < 1.29 is 9.21 Å². The first-order valence-electron chi connectivity index (χ1n) is 6.13. The molecule has 5 heteroatoms. The summed E-state index contributed by atoms with van der Waals surface area (Å²) in [5.74, 6) is 1.26. The zero-order valence-electron chi connectivity index (χ0n) is 10.4. The maximum absolute atomic E-state index is 11.6. The molecule has 0 aliphatic rings. The molecule has 0 spiro atoms. The number of furan rings is 1. The van der Waals surface area contributed by atoms with Gasteiger partial charge in [0.25, 0.3) is 5.91 Å². The number of amides is 1. The number of rotatable bonds is 6. The molecule has 0 bridgehead atoms. The van der Waals surface area contributed by atoms with Gasteiger partial charge in [0.2, 0.25) is 0 Å². The molecule has 0 fully saturated rings. The van der Waals surface area contributed by atoms with Crippen LogP contribution in [0.1, 0.15) is 29.7 Å². The molecular formula is C13H17N3O2. The van der Waals surface area contributed by atoms with Crippen LogP contribution in [0.5, 0.6) is 0 Å². The summed E-state index contributed by atoms with van der Waals surface area (Å²) in [7, 11) is 0. The third-order valence-corrected chi connectivity index (χ3v) is 2.72. The summed E-state index contributed by atoms with van der Waals surface area (Å²) in [6, 6.07) is 3.36. The van der Waals surface area contributed by atoms with Gasteiger partial charge in [0.15, 0.2) is 5.76 Å². The number of nitrogens with zero attached hydrogens (tertiary/aromatic N) is 2. The minimum absolute atomic E-state index is 0.165. The molecule has 0 atom stereocenters. The molecule has 2 heterocycles. The Balaban J connectivity index is 1.72. The molecule has 5 nitrogen and oxygen atoms in total. The Morgan fingerprint density at radius 2 is 2.44 bits per heavy atom. The molecule has 18 heavy (non-hydrogen) atoms. The number of hydrogen-bond acceptors (Lipinski definition) is 3. The van der Waals surface area contributed by atoms with Crippen molar-refractivity contribution in [3.05, 3.63) is 42.4 Å². The summed E-state index contributed by atoms with van der Waals surface area (Å²) in [6.45, 7) is 3.57. The number of hydrogen-bond donors (Lipinski definition) is 1. The van der Waals surface area contributed by atoms with Crippen LogP contribution in [-0.2, 0) is 13.0 Å².